The highest BCUT2D eigenvalue weighted by atomic mass is 13.9. The third kappa shape index (κ3) is 5.35. The van der Waals surface area contributed by atoms with Gasteiger partial charge in [0.25, 0.3) is 0 Å². The zero-order chi connectivity index (χ0) is 7.11. The lowest BCUT2D eigenvalue weighted by molar-refractivity contribution is 0.970. The summed E-state index contributed by atoms with van der Waals surface area (Å²) in [6.07, 6.45) is 7.23. The Balaban J connectivity index is 3.36. The van der Waals surface area contributed by atoms with Crippen LogP contribution in [0.15, 0.2) is 24.3 Å². The van der Waals surface area contributed by atoms with E-state index < -0.39 is 0 Å². The molecule has 0 spiro atoms. The van der Waals surface area contributed by atoms with Crippen LogP contribution >= 0.6 is 0 Å². The van der Waals surface area contributed by atoms with Crippen LogP contribution in [-0.2, 0) is 0 Å². The molecule has 0 rings (SSSR count). The average molecular weight is 123 g/mol. The molecule has 0 aromatic heterocycles. The first-order valence-corrected chi connectivity index (χ1v) is 3.37. The first kappa shape index (κ1) is 8.48. The van der Waals surface area contributed by atoms with Crippen LogP contribution in [0.2, 0.25) is 0 Å². The van der Waals surface area contributed by atoms with Gasteiger partial charge in [-0.25, -0.2) is 0 Å². The first-order chi connectivity index (χ1) is 4.31. The normalized spacial score (nSPS) is 11.6. The predicted octanol–water partition coefficient (Wildman–Crippen LogP) is 3.12. The summed E-state index contributed by atoms with van der Waals surface area (Å²) >= 11 is 0. The molecule has 0 aliphatic heterocycles. The smallest absolute Gasteiger partial charge is 0.0288 e. The molecule has 0 aliphatic carbocycles. The van der Waals surface area contributed by atoms with Gasteiger partial charge in [0.2, 0.25) is 0 Å². The van der Waals surface area contributed by atoms with Gasteiger partial charge in [-0.3, -0.25) is 0 Å². The summed E-state index contributed by atoms with van der Waals surface area (Å²) < 4.78 is 0. The van der Waals surface area contributed by atoms with Crippen LogP contribution in [0.4, 0.5) is 0 Å². The highest BCUT2D eigenvalue weighted by Crippen LogP contribution is 2.04. The van der Waals surface area contributed by atoms with Crippen molar-refractivity contribution in [2.45, 2.75) is 26.2 Å². The van der Waals surface area contributed by atoms with Crippen molar-refractivity contribution >= 4 is 0 Å². The maximum absolute atomic E-state index is 3.73. The zero-order valence-corrected chi connectivity index (χ0v) is 6.19. The Morgan fingerprint density at radius 1 is 1.56 bits per heavy atom. The minimum Gasteiger partial charge on any atom is -0.103 e. The number of rotatable bonds is 4. The quantitative estimate of drug-likeness (QED) is 0.504. The predicted molar refractivity (Wildman–Crippen MR) is 43.2 cm³/mol. The molecule has 0 aliphatic rings. The minimum atomic E-state index is 0.906. The van der Waals surface area contributed by atoms with Crippen LogP contribution < -0.4 is 0 Å². The van der Waals surface area contributed by atoms with Crippen molar-refractivity contribution in [1.82, 2.24) is 0 Å². The molecule has 0 heteroatoms. The van der Waals surface area contributed by atoms with Gasteiger partial charge >= 0.3 is 0 Å². The third-order valence-electron chi connectivity index (χ3n) is 1.24. The Bertz CT molecular complexity index is 98.6. The van der Waals surface area contributed by atoms with Gasteiger partial charge in [-0.05, 0) is 33.1 Å². The molecule has 0 fully saturated rings. The van der Waals surface area contributed by atoms with Gasteiger partial charge < -0.3 is 0 Å². The van der Waals surface area contributed by atoms with Gasteiger partial charge in [-0.1, -0.05) is 17.7 Å². The van der Waals surface area contributed by atoms with Crippen LogP contribution in [0.3, 0.4) is 0 Å². The van der Waals surface area contributed by atoms with Crippen LogP contribution in [0.25, 0.3) is 0 Å². The molecule has 1 radical (unpaired) electrons. The van der Waals surface area contributed by atoms with Crippen molar-refractivity contribution in [3.05, 3.63) is 31.2 Å². The fourth-order valence-corrected chi connectivity index (χ4v) is 0.678. The van der Waals surface area contributed by atoms with E-state index in [0.717, 1.165) is 19.3 Å². The van der Waals surface area contributed by atoms with Gasteiger partial charge in [0, 0.05) is 0 Å². The molecule has 9 heavy (non-hydrogen) atoms. The van der Waals surface area contributed by atoms with E-state index >= 15 is 0 Å². The average Bonchev–Trinajstić information content (AvgIpc) is 1.85. The first-order valence-electron chi connectivity index (χ1n) is 3.37. The van der Waals surface area contributed by atoms with E-state index in [1.54, 1.807) is 0 Å². The Morgan fingerprint density at radius 3 is 2.67 bits per heavy atom. The molecule has 0 heterocycles. The minimum absolute atomic E-state index is 0.906. The number of allylic oxidation sites excluding steroid dienone is 3. The lowest BCUT2D eigenvalue weighted by Gasteiger charge is -1.94. The van der Waals surface area contributed by atoms with Crippen molar-refractivity contribution < 1.29 is 0 Å². The summed E-state index contributed by atoms with van der Waals surface area (Å²) in [4.78, 5) is 0. The Kier molecular flexibility index (Phi) is 5.29. The van der Waals surface area contributed by atoms with Crippen molar-refractivity contribution in [3.63, 3.8) is 0 Å². The Labute approximate surface area is 58.3 Å². The molecular weight excluding hydrogens is 108 g/mol. The van der Waals surface area contributed by atoms with Crippen LogP contribution in [0.5, 0.6) is 0 Å². The second-order valence-electron chi connectivity index (χ2n) is 2.17. The second-order valence-corrected chi connectivity index (χ2v) is 2.17. The Hall–Kier alpha value is -0.520. The second kappa shape index (κ2) is 5.61. The largest absolute Gasteiger partial charge is 0.103 e. The van der Waals surface area contributed by atoms with Gasteiger partial charge in [0.1, 0.15) is 0 Å². The lowest BCUT2D eigenvalue weighted by Crippen LogP contribution is -1.73. The molecular formula is C9H15. The van der Waals surface area contributed by atoms with Crippen LogP contribution in [0, 0.1) is 6.92 Å². The van der Waals surface area contributed by atoms with Crippen LogP contribution in [-0.4, -0.2) is 0 Å². The van der Waals surface area contributed by atoms with E-state index in [2.05, 4.69) is 26.5 Å². The molecule has 0 saturated carbocycles. The topological polar surface area (TPSA) is 0 Å². The summed E-state index contributed by atoms with van der Waals surface area (Å²) in [5, 5.41) is 0. The highest BCUT2D eigenvalue weighted by molar-refractivity contribution is 4.99. The summed E-state index contributed by atoms with van der Waals surface area (Å²) in [7, 11) is 0. The fraction of sp³-hybridized carbons (Fsp3) is 0.444. The molecule has 0 unspecified atom stereocenters. The SMILES string of the molecule is [CH2]C/C=C(\C)CCC=C. The van der Waals surface area contributed by atoms with Crippen molar-refractivity contribution in [2.24, 2.45) is 0 Å². The molecule has 0 atom stereocenters. The number of hydrogen-bond acceptors (Lipinski definition) is 0. The van der Waals surface area contributed by atoms with Crippen LogP contribution in [0.1, 0.15) is 26.2 Å². The van der Waals surface area contributed by atoms with Crippen molar-refractivity contribution in [2.75, 3.05) is 0 Å². The molecule has 0 amide bonds. The van der Waals surface area contributed by atoms with E-state index in [0.29, 0.717) is 0 Å². The van der Waals surface area contributed by atoms with E-state index in [9.17, 15) is 0 Å². The fourth-order valence-electron chi connectivity index (χ4n) is 0.678. The zero-order valence-electron chi connectivity index (χ0n) is 6.19. The van der Waals surface area contributed by atoms with Gasteiger partial charge in [0.05, 0.1) is 0 Å². The molecule has 0 saturated heterocycles. The summed E-state index contributed by atoms with van der Waals surface area (Å²) in [6, 6.07) is 0. The van der Waals surface area contributed by atoms with Gasteiger partial charge in [-0.2, -0.15) is 0 Å². The highest BCUT2D eigenvalue weighted by Gasteiger charge is 1.83. The molecule has 51 valence electrons. The third-order valence-corrected chi connectivity index (χ3v) is 1.24. The summed E-state index contributed by atoms with van der Waals surface area (Å²) in [6.45, 7) is 9.52. The standard InChI is InChI=1S/C9H15/c1-4-6-8-9(3)7-5-2/h4,7H,1-2,5-6,8H2,3H3/b9-7+. The van der Waals surface area contributed by atoms with E-state index in [-0.39, 0.29) is 0 Å². The molecule has 0 aromatic rings. The van der Waals surface area contributed by atoms with E-state index in [1.165, 1.54) is 5.57 Å². The lowest BCUT2D eigenvalue weighted by atomic mass is 10.1. The summed E-state index contributed by atoms with van der Waals surface area (Å²) in [5.74, 6) is 0. The van der Waals surface area contributed by atoms with E-state index in [4.69, 9.17) is 0 Å². The van der Waals surface area contributed by atoms with Crippen molar-refractivity contribution in [3.8, 4) is 0 Å². The van der Waals surface area contributed by atoms with Gasteiger partial charge in [0.15, 0.2) is 0 Å². The maximum atomic E-state index is 3.73. The monoisotopic (exact) mass is 123 g/mol. The Morgan fingerprint density at radius 2 is 2.22 bits per heavy atom. The summed E-state index contributed by atoms with van der Waals surface area (Å²) in [5.41, 5.74) is 1.42. The van der Waals surface area contributed by atoms with Gasteiger partial charge in [-0.15, -0.1) is 6.58 Å². The van der Waals surface area contributed by atoms with E-state index in [1.807, 2.05) is 6.08 Å². The number of hydrogen-bond donors (Lipinski definition) is 0. The molecule has 0 aromatic carbocycles. The molecule has 0 nitrogen and oxygen atoms in total. The molecule has 0 N–H and O–H groups in total. The molecule has 0 bridgehead atoms. The maximum Gasteiger partial charge on any atom is -0.0288 e. The van der Waals surface area contributed by atoms with Crippen molar-refractivity contribution in [1.29, 1.82) is 0 Å².